The minimum atomic E-state index is 0.203. The normalized spacial score (nSPS) is 12.5. The summed E-state index contributed by atoms with van der Waals surface area (Å²) in [5.41, 5.74) is 7.40. The standard InChI is InChI=1S/C14H21ClN2OS/c1-4-18-8-13(9(2)3)17-12-6-5-10(15)7-11(12)14(16)19/h5-7,9,13,17H,4,8H2,1-3H3,(H2,16,19). The number of nitrogens with two attached hydrogens (primary N) is 1. The lowest BCUT2D eigenvalue weighted by atomic mass is 10.0. The molecule has 19 heavy (non-hydrogen) atoms. The second-order valence-corrected chi connectivity index (χ2v) is 5.58. The predicted molar refractivity (Wildman–Crippen MR) is 86.1 cm³/mol. The van der Waals surface area contributed by atoms with Crippen LogP contribution in [-0.2, 0) is 4.74 Å². The number of hydrogen-bond acceptors (Lipinski definition) is 3. The van der Waals surface area contributed by atoms with E-state index in [0.29, 0.717) is 29.1 Å². The summed E-state index contributed by atoms with van der Waals surface area (Å²) in [6.45, 7) is 7.63. The zero-order valence-corrected chi connectivity index (χ0v) is 13.1. The molecule has 0 aromatic heterocycles. The fraction of sp³-hybridized carbons (Fsp3) is 0.500. The second kappa shape index (κ2) is 7.68. The molecule has 0 radical (unpaired) electrons. The summed E-state index contributed by atoms with van der Waals surface area (Å²) in [4.78, 5) is 0.337. The zero-order chi connectivity index (χ0) is 14.4. The van der Waals surface area contributed by atoms with E-state index < -0.39 is 0 Å². The molecule has 0 amide bonds. The highest BCUT2D eigenvalue weighted by molar-refractivity contribution is 7.80. The quantitative estimate of drug-likeness (QED) is 0.757. The minimum Gasteiger partial charge on any atom is -0.389 e. The topological polar surface area (TPSA) is 47.3 Å². The number of hydrogen-bond donors (Lipinski definition) is 2. The third-order valence-corrected chi connectivity index (χ3v) is 3.35. The van der Waals surface area contributed by atoms with Crippen molar-refractivity contribution in [3.8, 4) is 0 Å². The number of nitrogens with one attached hydrogen (secondary N) is 1. The first-order valence-electron chi connectivity index (χ1n) is 6.39. The highest BCUT2D eigenvalue weighted by Crippen LogP contribution is 2.22. The van der Waals surface area contributed by atoms with Crippen LogP contribution in [0.15, 0.2) is 18.2 Å². The number of ether oxygens (including phenoxy) is 1. The van der Waals surface area contributed by atoms with Crippen molar-refractivity contribution in [2.24, 2.45) is 11.7 Å². The van der Waals surface area contributed by atoms with Crippen molar-refractivity contribution in [1.82, 2.24) is 0 Å². The first kappa shape index (κ1) is 16.2. The summed E-state index contributed by atoms with van der Waals surface area (Å²) in [5.74, 6) is 0.432. The van der Waals surface area contributed by atoms with E-state index in [2.05, 4.69) is 19.2 Å². The van der Waals surface area contributed by atoms with Crippen LogP contribution in [0, 0.1) is 5.92 Å². The lowest BCUT2D eigenvalue weighted by Crippen LogP contribution is -2.32. The van der Waals surface area contributed by atoms with Crippen molar-refractivity contribution >= 4 is 34.5 Å². The van der Waals surface area contributed by atoms with E-state index in [0.717, 1.165) is 11.3 Å². The molecule has 3 N–H and O–H groups in total. The fourth-order valence-electron chi connectivity index (χ4n) is 1.69. The summed E-state index contributed by atoms with van der Waals surface area (Å²) < 4.78 is 5.50. The number of thiocarbonyl (C=S) groups is 1. The molecule has 0 fully saturated rings. The van der Waals surface area contributed by atoms with Crippen molar-refractivity contribution in [3.63, 3.8) is 0 Å². The molecule has 1 aromatic carbocycles. The third-order valence-electron chi connectivity index (χ3n) is 2.89. The van der Waals surface area contributed by atoms with Crippen LogP contribution in [0.1, 0.15) is 26.3 Å². The molecule has 1 unspecified atom stereocenters. The summed E-state index contributed by atoms with van der Waals surface area (Å²) in [6, 6.07) is 5.71. The van der Waals surface area contributed by atoms with Gasteiger partial charge in [-0.15, -0.1) is 0 Å². The maximum absolute atomic E-state index is 5.98. The van der Waals surface area contributed by atoms with Crippen LogP contribution in [0.2, 0.25) is 5.02 Å². The Morgan fingerprint density at radius 1 is 1.47 bits per heavy atom. The smallest absolute Gasteiger partial charge is 0.106 e. The van der Waals surface area contributed by atoms with Gasteiger partial charge in [0.25, 0.3) is 0 Å². The van der Waals surface area contributed by atoms with Crippen LogP contribution in [0.25, 0.3) is 0 Å². The molecule has 0 aliphatic heterocycles. The molecule has 0 aliphatic carbocycles. The Kier molecular flexibility index (Phi) is 6.55. The summed E-state index contributed by atoms with van der Waals surface area (Å²) in [6.07, 6.45) is 0. The van der Waals surface area contributed by atoms with E-state index in [4.69, 9.17) is 34.3 Å². The van der Waals surface area contributed by atoms with Gasteiger partial charge in [-0.25, -0.2) is 0 Å². The van der Waals surface area contributed by atoms with Crippen molar-refractivity contribution in [1.29, 1.82) is 0 Å². The van der Waals surface area contributed by atoms with Crippen LogP contribution in [0.5, 0.6) is 0 Å². The third kappa shape index (κ3) is 4.97. The highest BCUT2D eigenvalue weighted by Gasteiger charge is 2.16. The average molecular weight is 301 g/mol. The van der Waals surface area contributed by atoms with E-state index in [-0.39, 0.29) is 6.04 Å². The first-order valence-corrected chi connectivity index (χ1v) is 7.18. The van der Waals surface area contributed by atoms with Crippen molar-refractivity contribution < 1.29 is 4.74 Å². The predicted octanol–water partition coefficient (Wildman–Crippen LogP) is 3.45. The summed E-state index contributed by atoms with van der Waals surface area (Å²) >= 11 is 11.0. The molecule has 1 atom stereocenters. The van der Waals surface area contributed by atoms with Crippen molar-refractivity contribution in [2.45, 2.75) is 26.8 Å². The van der Waals surface area contributed by atoms with Crippen LogP contribution < -0.4 is 11.1 Å². The molecule has 0 saturated carbocycles. The Balaban J connectivity index is 2.92. The Hall–Kier alpha value is -0.840. The molecular weight excluding hydrogens is 280 g/mol. The van der Waals surface area contributed by atoms with Crippen LogP contribution in [-0.4, -0.2) is 24.2 Å². The Morgan fingerprint density at radius 2 is 2.16 bits per heavy atom. The molecule has 0 saturated heterocycles. The Labute approximate surface area is 125 Å². The lowest BCUT2D eigenvalue weighted by molar-refractivity contribution is 0.127. The van der Waals surface area contributed by atoms with Gasteiger partial charge >= 0.3 is 0 Å². The van der Waals surface area contributed by atoms with Gasteiger partial charge in [-0.3, -0.25) is 0 Å². The first-order chi connectivity index (χ1) is 8.95. The van der Waals surface area contributed by atoms with Crippen LogP contribution in [0.3, 0.4) is 0 Å². The SMILES string of the molecule is CCOCC(Nc1ccc(Cl)cc1C(N)=S)C(C)C. The molecule has 5 heteroatoms. The summed E-state index contributed by atoms with van der Waals surface area (Å²) in [5, 5.41) is 4.06. The van der Waals surface area contributed by atoms with E-state index in [9.17, 15) is 0 Å². The molecule has 0 spiro atoms. The largest absolute Gasteiger partial charge is 0.389 e. The van der Waals surface area contributed by atoms with Crippen molar-refractivity contribution in [3.05, 3.63) is 28.8 Å². The average Bonchev–Trinajstić information content (AvgIpc) is 2.35. The monoisotopic (exact) mass is 300 g/mol. The van der Waals surface area contributed by atoms with E-state index >= 15 is 0 Å². The fourth-order valence-corrected chi connectivity index (χ4v) is 2.03. The maximum Gasteiger partial charge on any atom is 0.106 e. The van der Waals surface area contributed by atoms with Gasteiger partial charge in [-0.2, -0.15) is 0 Å². The Morgan fingerprint density at radius 3 is 2.68 bits per heavy atom. The lowest BCUT2D eigenvalue weighted by Gasteiger charge is -2.24. The maximum atomic E-state index is 5.98. The van der Waals surface area contributed by atoms with Gasteiger partial charge in [-0.05, 0) is 31.0 Å². The number of rotatable bonds is 7. The molecule has 0 aliphatic rings. The second-order valence-electron chi connectivity index (χ2n) is 4.71. The molecular formula is C14H21ClN2OS. The molecule has 3 nitrogen and oxygen atoms in total. The molecule has 1 rings (SSSR count). The van der Waals surface area contributed by atoms with Crippen LogP contribution in [0.4, 0.5) is 5.69 Å². The van der Waals surface area contributed by atoms with E-state index in [1.807, 2.05) is 19.1 Å². The van der Waals surface area contributed by atoms with Gasteiger partial charge in [0.05, 0.1) is 12.6 Å². The van der Waals surface area contributed by atoms with Gasteiger partial charge in [-0.1, -0.05) is 37.7 Å². The number of halogens is 1. The van der Waals surface area contributed by atoms with Crippen molar-refractivity contribution in [2.75, 3.05) is 18.5 Å². The van der Waals surface area contributed by atoms with Gasteiger partial charge in [0.15, 0.2) is 0 Å². The van der Waals surface area contributed by atoms with Crippen LogP contribution >= 0.6 is 23.8 Å². The van der Waals surface area contributed by atoms with E-state index in [1.165, 1.54) is 0 Å². The van der Waals surface area contributed by atoms with Gasteiger partial charge in [0, 0.05) is 22.9 Å². The van der Waals surface area contributed by atoms with Gasteiger partial charge in [0.1, 0.15) is 4.99 Å². The number of anilines is 1. The highest BCUT2D eigenvalue weighted by atomic mass is 35.5. The molecule has 1 aromatic rings. The van der Waals surface area contributed by atoms with Gasteiger partial charge in [0.2, 0.25) is 0 Å². The zero-order valence-electron chi connectivity index (χ0n) is 11.6. The van der Waals surface area contributed by atoms with Gasteiger partial charge < -0.3 is 15.8 Å². The number of benzene rings is 1. The Bertz CT molecular complexity index is 437. The van der Waals surface area contributed by atoms with E-state index in [1.54, 1.807) is 6.07 Å². The molecule has 0 bridgehead atoms. The minimum absolute atomic E-state index is 0.203. The molecule has 106 valence electrons. The summed E-state index contributed by atoms with van der Waals surface area (Å²) in [7, 11) is 0. The molecule has 0 heterocycles.